The molecule has 58 valence electrons. The molecule has 0 radical (unpaired) electrons. The summed E-state index contributed by atoms with van der Waals surface area (Å²) in [6.45, 7) is 3.69. The van der Waals surface area contributed by atoms with E-state index in [2.05, 4.69) is 0 Å². The second-order valence-electron chi connectivity index (χ2n) is 3.24. The van der Waals surface area contributed by atoms with Crippen LogP contribution in [0, 0.1) is 0 Å². The van der Waals surface area contributed by atoms with Gasteiger partial charge >= 0.3 is 5.97 Å². The zero-order valence-corrected chi connectivity index (χ0v) is 6.26. The topological polar surface area (TPSA) is 46.5 Å². The maximum atomic E-state index is 10.7. The van der Waals surface area contributed by atoms with Crippen molar-refractivity contribution in [3.63, 3.8) is 0 Å². The van der Waals surface area contributed by atoms with Gasteiger partial charge in [-0.05, 0) is 26.7 Å². The molecule has 1 fully saturated rings. The molecule has 1 atom stereocenters. The summed E-state index contributed by atoms with van der Waals surface area (Å²) >= 11 is 0. The Morgan fingerprint density at radius 2 is 2.30 bits per heavy atom. The Hall–Kier alpha value is -0.570. The molecule has 0 aromatic rings. The third-order valence-corrected chi connectivity index (χ3v) is 1.67. The normalized spacial score (nSPS) is 31.5. The number of ether oxygens (including phenoxy) is 1. The largest absolute Gasteiger partial charge is 0.458 e. The molecular formula is C7H12O3. The maximum Gasteiger partial charge on any atom is 0.335 e. The number of carbonyl (C=O) groups excluding carboxylic acids is 1. The number of aliphatic hydroxyl groups excluding tert-OH is 1. The Labute approximate surface area is 60.0 Å². The maximum absolute atomic E-state index is 10.7. The standard InChI is InChI=1S/C7H12O3/c1-7(2)4-3-5(8)6(9)10-7/h5,8H,3-4H2,1-2H3/t5-/m0/s1. The van der Waals surface area contributed by atoms with E-state index in [1.165, 1.54) is 0 Å². The van der Waals surface area contributed by atoms with Crippen LogP contribution in [0.2, 0.25) is 0 Å². The summed E-state index contributed by atoms with van der Waals surface area (Å²) in [4.78, 5) is 10.7. The Balaban J connectivity index is 2.57. The predicted molar refractivity (Wildman–Crippen MR) is 35.4 cm³/mol. The highest BCUT2D eigenvalue weighted by atomic mass is 16.6. The highest BCUT2D eigenvalue weighted by molar-refractivity contribution is 5.75. The molecule has 0 aromatic carbocycles. The summed E-state index contributed by atoms with van der Waals surface area (Å²) in [5.74, 6) is -0.490. The summed E-state index contributed by atoms with van der Waals surface area (Å²) in [7, 11) is 0. The molecule has 0 bridgehead atoms. The van der Waals surface area contributed by atoms with Crippen molar-refractivity contribution in [2.75, 3.05) is 0 Å². The van der Waals surface area contributed by atoms with E-state index in [-0.39, 0.29) is 5.60 Å². The first-order chi connectivity index (χ1) is 4.51. The Bertz CT molecular complexity index is 151. The lowest BCUT2D eigenvalue weighted by Crippen LogP contribution is -2.40. The number of carbonyl (C=O) groups is 1. The number of hydrogen-bond donors (Lipinski definition) is 1. The van der Waals surface area contributed by atoms with E-state index in [0.29, 0.717) is 6.42 Å². The fraction of sp³-hybridized carbons (Fsp3) is 0.857. The Morgan fingerprint density at radius 3 is 2.70 bits per heavy atom. The average molecular weight is 144 g/mol. The van der Waals surface area contributed by atoms with Crippen LogP contribution in [0.3, 0.4) is 0 Å². The van der Waals surface area contributed by atoms with E-state index in [0.717, 1.165) is 6.42 Å². The fourth-order valence-corrected chi connectivity index (χ4v) is 0.994. The third-order valence-electron chi connectivity index (χ3n) is 1.67. The highest BCUT2D eigenvalue weighted by Crippen LogP contribution is 2.24. The summed E-state index contributed by atoms with van der Waals surface area (Å²) in [6, 6.07) is 0. The molecular weight excluding hydrogens is 132 g/mol. The lowest BCUT2D eigenvalue weighted by Gasteiger charge is -2.31. The number of rotatable bonds is 0. The molecule has 0 saturated carbocycles. The molecule has 1 aliphatic heterocycles. The van der Waals surface area contributed by atoms with E-state index in [4.69, 9.17) is 9.84 Å². The molecule has 1 N–H and O–H groups in total. The van der Waals surface area contributed by atoms with Gasteiger partial charge in [0.2, 0.25) is 0 Å². The van der Waals surface area contributed by atoms with Crippen LogP contribution in [0.4, 0.5) is 0 Å². The summed E-state index contributed by atoms with van der Waals surface area (Å²) < 4.78 is 4.90. The zero-order chi connectivity index (χ0) is 7.78. The minimum atomic E-state index is -0.895. The van der Waals surface area contributed by atoms with Crippen molar-refractivity contribution in [1.29, 1.82) is 0 Å². The van der Waals surface area contributed by atoms with Gasteiger partial charge in [-0.3, -0.25) is 0 Å². The van der Waals surface area contributed by atoms with Crippen molar-refractivity contribution in [2.45, 2.75) is 38.4 Å². The lowest BCUT2D eigenvalue weighted by atomic mass is 9.97. The van der Waals surface area contributed by atoms with E-state index in [1.807, 2.05) is 13.8 Å². The number of esters is 1. The van der Waals surface area contributed by atoms with Gasteiger partial charge < -0.3 is 9.84 Å². The van der Waals surface area contributed by atoms with Crippen molar-refractivity contribution < 1.29 is 14.6 Å². The van der Waals surface area contributed by atoms with E-state index >= 15 is 0 Å². The van der Waals surface area contributed by atoms with Gasteiger partial charge in [0, 0.05) is 0 Å². The van der Waals surface area contributed by atoms with Crippen LogP contribution >= 0.6 is 0 Å². The van der Waals surface area contributed by atoms with Crippen LogP contribution in [-0.2, 0) is 9.53 Å². The molecule has 0 aromatic heterocycles. The number of cyclic esters (lactones) is 1. The average Bonchev–Trinajstić information content (AvgIpc) is 1.79. The first kappa shape index (κ1) is 7.54. The van der Waals surface area contributed by atoms with Crippen LogP contribution in [0.15, 0.2) is 0 Å². The molecule has 0 spiro atoms. The Kier molecular flexibility index (Phi) is 1.68. The van der Waals surface area contributed by atoms with E-state index < -0.39 is 12.1 Å². The number of hydrogen-bond acceptors (Lipinski definition) is 3. The van der Waals surface area contributed by atoms with Crippen molar-refractivity contribution in [3.05, 3.63) is 0 Å². The number of aliphatic hydroxyl groups is 1. The van der Waals surface area contributed by atoms with Crippen LogP contribution < -0.4 is 0 Å². The summed E-state index contributed by atoms with van der Waals surface area (Å²) in [5.41, 5.74) is -0.379. The molecule has 1 saturated heterocycles. The molecule has 1 heterocycles. The molecule has 3 heteroatoms. The third kappa shape index (κ3) is 1.48. The van der Waals surface area contributed by atoms with Gasteiger partial charge in [-0.2, -0.15) is 0 Å². The van der Waals surface area contributed by atoms with Gasteiger partial charge in [0.15, 0.2) is 6.10 Å². The van der Waals surface area contributed by atoms with Crippen LogP contribution in [0.5, 0.6) is 0 Å². The van der Waals surface area contributed by atoms with Gasteiger partial charge in [-0.1, -0.05) is 0 Å². The van der Waals surface area contributed by atoms with Gasteiger partial charge in [0.25, 0.3) is 0 Å². The van der Waals surface area contributed by atoms with Crippen molar-refractivity contribution in [3.8, 4) is 0 Å². The quantitative estimate of drug-likeness (QED) is 0.502. The molecule has 10 heavy (non-hydrogen) atoms. The SMILES string of the molecule is CC1(C)CC[C@H](O)C(=O)O1. The van der Waals surface area contributed by atoms with Gasteiger partial charge in [-0.25, -0.2) is 4.79 Å². The highest BCUT2D eigenvalue weighted by Gasteiger charge is 2.33. The van der Waals surface area contributed by atoms with Gasteiger partial charge in [0.1, 0.15) is 5.60 Å². The lowest BCUT2D eigenvalue weighted by molar-refractivity contribution is -0.176. The van der Waals surface area contributed by atoms with Crippen LogP contribution in [0.25, 0.3) is 0 Å². The molecule has 0 amide bonds. The zero-order valence-electron chi connectivity index (χ0n) is 6.26. The van der Waals surface area contributed by atoms with E-state index in [9.17, 15) is 4.79 Å². The smallest absolute Gasteiger partial charge is 0.335 e. The molecule has 1 rings (SSSR count). The predicted octanol–water partition coefficient (Wildman–Crippen LogP) is 0.463. The summed E-state index contributed by atoms with van der Waals surface area (Å²) in [6.07, 6.45) is 0.360. The fourth-order valence-electron chi connectivity index (χ4n) is 0.994. The van der Waals surface area contributed by atoms with Crippen molar-refractivity contribution in [2.24, 2.45) is 0 Å². The van der Waals surface area contributed by atoms with Crippen molar-refractivity contribution >= 4 is 5.97 Å². The van der Waals surface area contributed by atoms with E-state index in [1.54, 1.807) is 0 Å². The Morgan fingerprint density at radius 1 is 1.70 bits per heavy atom. The first-order valence-electron chi connectivity index (χ1n) is 3.42. The van der Waals surface area contributed by atoms with Gasteiger partial charge in [0.05, 0.1) is 0 Å². The molecule has 3 nitrogen and oxygen atoms in total. The van der Waals surface area contributed by atoms with Crippen LogP contribution in [-0.4, -0.2) is 22.8 Å². The first-order valence-corrected chi connectivity index (χ1v) is 3.42. The van der Waals surface area contributed by atoms with Crippen LogP contribution in [0.1, 0.15) is 26.7 Å². The van der Waals surface area contributed by atoms with Gasteiger partial charge in [-0.15, -0.1) is 0 Å². The molecule has 0 aliphatic carbocycles. The monoisotopic (exact) mass is 144 g/mol. The van der Waals surface area contributed by atoms with Crippen molar-refractivity contribution in [1.82, 2.24) is 0 Å². The minimum Gasteiger partial charge on any atom is -0.458 e. The molecule has 1 aliphatic rings. The second kappa shape index (κ2) is 2.23. The molecule has 0 unspecified atom stereocenters. The summed E-state index contributed by atoms with van der Waals surface area (Å²) in [5, 5.41) is 8.94. The second-order valence-corrected chi connectivity index (χ2v) is 3.24. The minimum absolute atomic E-state index is 0.379.